The average Bonchev–Trinajstić information content (AvgIpc) is 2.81. The molecule has 0 radical (unpaired) electrons. The standard InChI is InChI=1S/C22H23ClN4O4/c1-30-20-11-16(13-24)5-6-19(20)31-15-21(28)25-14-22(29)27-9-7-26(8-10-27)18-4-2-3-17(23)12-18/h2-6,11-12H,7-10,14-15H2,1H3,(H,25,28). The van der Waals surface area contributed by atoms with Crippen molar-refractivity contribution in [1.82, 2.24) is 10.2 Å². The molecule has 8 nitrogen and oxygen atoms in total. The van der Waals surface area contributed by atoms with E-state index in [1.54, 1.807) is 17.0 Å². The number of hydrogen-bond acceptors (Lipinski definition) is 6. The normalized spacial score (nSPS) is 13.3. The molecule has 0 spiro atoms. The van der Waals surface area contributed by atoms with Gasteiger partial charge in [-0.15, -0.1) is 0 Å². The summed E-state index contributed by atoms with van der Waals surface area (Å²) in [4.78, 5) is 28.4. The number of anilines is 1. The topological polar surface area (TPSA) is 94.9 Å². The number of carbonyl (C=O) groups excluding carboxylic acids is 2. The molecule has 9 heteroatoms. The molecule has 1 aliphatic heterocycles. The Kier molecular flexibility index (Phi) is 7.57. The molecule has 1 fully saturated rings. The number of nitrogens with one attached hydrogen (secondary N) is 1. The van der Waals surface area contributed by atoms with Gasteiger partial charge in [0, 0.05) is 43.0 Å². The number of ether oxygens (including phenoxy) is 2. The minimum absolute atomic E-state index is 0.0934. The van der Waals surface area contributed by atoms with E-state index in [1.807, 2.05) is 30.3 Å². The first-order valence-corrected chi connectivity index (χ1v) is 10.1. The maximum absolute atomic E-state index is 12.4. The third-order valence-electron chi connectivity index (χ3n) is 4.89. The number of nitriles is 1. The molecule has 1 heterocycles. The summed E-state index contributed by atoms with van der Waals surface area (Å²) in [5, 5.41) is 12.2. The van der Waals surface area contributed by atoms with E-state index in [1.165, 1.54) is 13.2 Å². The Hall–Kier alpha value is -3.44. The van der Waals surface area contributed by atoms with Crippen molar-refractivity contribution < 1.29 is 19.1 Å². The quantitative estimate of drug-likeness (QED) is 0.705. The monoisotopic (exact) mass is 442 g/mol. The van der Waals surface area contributed by atoms with E-state index in [0.717, 1.165) is 5.69 Å². The summed E-state index contributed by atoms with van der Waals surface area (Å²) in [5.41, 5.74) is 1.46. The van der Waals surface area contributed by atoms with Crippen LogP contribution >= 0.6 is 11.6 Å². The van der Waals surface area contributed by atoms with Gasteiger partial charge in [0.1, 0.15) is 0 Å². The van der Waals surface area contributed by atoms with Crippen molar-refractivity contribution in [2.24, 2.45) is 0 Å². The highest BCUT2D eigenvalue weighted by Gasteiger charge is 2.21. The van der Waals surface area contributed by atoms with E-state index in [2.05, 4.69) is 10.2 Å². The van der Waals surface area contributed by atoms with Crippen molar-refractivity contribution in [1.29, 1.82) is 5.26 Å². The summed E-state index contributed by atoms with van der Waals surface area (Å²) in [5.74, 6) is 0.146. The summed E-state index contributed by atoms with van der Waals surface area (Å²) >= 11 is 6.05. The van der Waals surface area contributed by atoms with Crippen LogP contribution in [0.3, 0.4) is 0 Å². The minimum Gasteiger partial charge on any atom is -0.493 e. The molecular weight excluding hydrogens is 420 g/mol. The average molecular weight is 443 g/mol. The Morgan fingerprint density at radius 2 is 1.90 bits per heavy atom. The molecule has 0 unspecified atom stereocenters. The number of methoxy groups -OCH3 is 1. The number of amides is 2. The fourth-order valence-electron chi connectivity index (χ4n) is 3.22. The second-order valence-corrected chi connectivity index (χ2v) is 7.33. The molecule has 0 aromatic heterocycles. The van der Waals surface area contributed by atoms with Crippen LogP contribution in [0, 0.1) is 11.3 Å². The van der Waals surface area contributed by atoms with E-state index in [4.69, 9.17) is 26.3 Å². The van der Waals surface area contributed by atoms with Crippen molar-refractivity contribution in [3.8, 4) is 17.6 Å². The predicted octanol–water partition coefficient (Wildman–Crippen LogP) is 2.06. The number of rotatable bonds is 7. The van der Waals surface area contributed by atoms with Gasteiger partial charge in [0.2, 0.25) is 5.91 Å². The maximum Gasteiger partial charge on any atom is 0.258 e. The number of hydrogen-bond donors (Lipinski definition) is 1. The first kappa shape index (κ1) is 22.2. The van der Waals surface area contributed by atoms with Crippen LogP contribution in [-0.4, -0.2) is 63.2 Å². The Morgan fingerprint density at radius 1 is 1.13 bits per heavy atom. The van der Waals surface area contributed by atoms with Crippen molar-refractivity contribution in [2.75, 3.05) is 51.3 Å². The lowest BCUT2D eigenvalue weighted by atomic mass is 10.2. The van der Waals surface area contributed by atoms with Gasteiger partial charge in [-0.25, -0.2) is 0 Å². The van der Waals surface area contributed by atoms with Gasteiger partial charge in [-0.2, -0.15) is 5.26 Å². The third kappa shape index (κ3) is 6.03. The molecule has 1 N–H and O–H groups in total. The number of halogens is 1. The van der Waals surface area contributed by atoms with Gasteiger partial charge in [-0.1, -0.05) is 17.7 Å². The van der Waals surface area contributed by atoms with Gasteiger partial charge in [-0.05, 0) is 30.3 Å². The zero-order chi connectivity index (χ0) is 22.2. The number of benzene rings is 2. The first-order chi connectivity index (χ1) is 15.0. The first-order valence-electron chi connectivity index (χ1n) is 9.76. The van der Waals surface area contributed by atoms with Gasteiger partial charge in [0.15, 0.2) is 18.1 Å². The van der Waals surface area contributed by atoms with Gasteiger partial charge in [0.25, 0.3) is 5.91 Å². The molecule has 2 amide bonds. The molecule has 0 saturated carbocycles. The van der Waals surface area contributed by atoms with Crippen molar-refractivity contribution in [3.05, 3.63) is 53.1 Å². The minimum atomic E-state index is -0.419. The van der Waals surface area contributed by atoms with Gasteiger partial charge < -0.3 is 24.6 Å². The molecule has 3 rings (SSSR count). The summed E-state index contributed by atoms with van der Waals surface area (Å²) in [6.07, 6.45) is 0. The van der Waals surface area contributed by atoms with Crippen LogP contribution in [0.15, 0.2) is 42.5 Å². The molecule has 2 aromatic rings. The van der Waals surface area contributed by atoms with Crippen LogP contribution in [0.1, 0.15) is 5.56 Å². The molecule has 31 heavy (non-hydrogen) atoms. The fraction of sp³-hybridized carbons (Fsp3) is 0.318. The Morgan fingerprint density at radius 3 is 2.58 bits per heavy atom. The lowest BCUT2D eigenvalue weighted by Gasteiger charge is -2.36. The lowest BCUT2D eigenvalue weighted by Crippen LogP contribution is -2.51. The highest BCUT2D eigenvalue weighted by Crippen LogP contribution is 2.27. The largest absolute Gasteiger partial charge is 0.493 e. The van der Waals surface area contributed by atoms with Gasteiger partial charge in [-0.3, -0.25) is 9.59 Å². The summed E-state index contributed by atoms with van der Waals surface area (Å²) in [6.45, 7) is 2.17. The summed E-state index contributed by atoms with van der Waals surface area (Å²) in [6, 6.07) is 14.3. The van der Waals surface area contributed by atoms with E-state index < -0.39 is 5.91 Å². The van der Waals surface area contributed by atoms with Crippen LogP contribution in [0.2, 0.25) is 5.02 Å². The smallest absolute Gasteiger partial charge is 0.258 e. The number of carbonyl (C=O) groups is 2. The van der Waals surface area contributed by atoms with Crippen LogP contribution in [0.5, 0.6) is 11.5 Å². The summed E-state index contributed by atoms with van der Waals surface area (Å²) < 4.78 is 10.6. The Labute approximate surface area is 185 Å². The Bertz CT molecular complexity index is 984. The van der Waals surface area contributed by atoms with E-state index >= 15 is 0 Å². The highest BCUT2D eigenvalue weighted by molar-refractivity contribution is 6.30. The molecular formula is C22H23ClN4O4. The van der Waals surface area contributed by atoms with Crippen LogP contribution in [0.4, 0.5) is 5.69 Å². The number of piperazine rings is 1. The maximum atomic E-state index is 12.4. The lowest BCUT2D eigenvalue weighted by molar-refractivity contribution is -0.133. The highest BCUT2D eigenvalue weighted by atomic mass is 35.5. The predicted molar refractivity (Wildman–Crippen MR) is 116 cm³/mol. The van der Waals surface area contributed by atoms with Crippen molar-refractivity contribution in [2.45, 2.75) is 0 Å². The zero-order valence-electron chi connectivity index (χ0n) is 17.1. The van der Waals surface area contributed by atoms with Gasteiger partial charge >= 0.3 is 0 Å². The van der Waals surface area contributed by atoms with Gasteiger partial charge in [0.05, 0.1) is 25.3 Å². The fourth-order valence-corrected chi connectivity index (χ4v) is 3.41. The van der Waals surface area contributed by atoms with Crippen LogP contribution < -0.4 is 19.7 Å². The SMILES string of the molecule is COc1cc(C#N)ccc1OCC(=O)NCC(=O)N1CCN(c2cccc(Cl)c2)CC1. The molecule has 2 aromatic carbocycles. The molecule has 0 atom stereocenters. The molecule has 162 valence electrons. The molecule has 1 aliphatic rings. The van der Waals surface area contributed by atoms with Crippen molar-refractivity contribution in [3.63, 3.8) is 0 Å². The second-order valence-electron chi connectivity index (χ2n) is 6.89. The van der Waals surface area contributed by atoms with Crippen molar-refractivity contribution >= 4 is 29.1 Å². The Balaban J connectivity index is 1.42. The van der Waals surface area contributed by atoms with E-state index in [0.29, 0.717) is 48.3 Å². The van der Waals surface area contributed by atoms with E-state index in [9.17, 15) is 9.59 Å². The molecule has 0 aliphatic carbocycles. The van der Waals surface area contributed by atoms with Crippen LogP contribution in [-0.2, 0) is 9.59 Å². The number of nitrogens with zero attached hydrogens (tertiary/aromatic N) is 3. The van der Waals surface area contributed by atoms with Crippen LogP contribution in [0.25, 0.3) is 0 Å². The third-order valence-corrected chi connectivity index (χ3v) is 5.13. The zero-order valence-corrected chi connectivity index (χ0v) is 17.9. The second kappa shape index (κ2) is 10.5. The molecule has 1 saturated heterocycles. The summed E-state index contributed by atoms with van der Waals surface area (Å²) in [7, 11) is 1.45. The molecule has 0 bridgehead atoms. The van der Waals surface area contributed by atoms with E-state index in [-0.39, 0.29) is 19.1 Å².